The van der Waals surface area contributed by atoms with E-state index in [1.165, 1.54) is 25.9 Å². The molecule has 2 aliphatic heterocycles. The standard InChI is InChI=1S/C25H35NO4/c1-17-10-12-26(13-11-17)14-15-29-23-9-8-21-24(27)22(16-30-25(21)18(23)2)19-4-6-20(28-3)7-5-19/h4-7,16-18,21,23,25H,8-15H2,1-3H3. The molecule has 4 unspecified atom stereocenters. The molecule has 0 spiro atoms. The number of methoxy groups -OCH3 is 1. The number of rotatable bonds is 6. The van der Waals surface area contributed by atoms with Crippen molar-refractivity contribution in [3.8, 4) is 5.75 Å². The van der Waals surface area contributed by atoms with Crippen LogP contribution in [-0.2, 0) is 14.3 Å². The fraction of sp³-hybridized carbons (Fsp3) is 0.640. The average molecular weight is 414 g/mol. The highest BCUT2D eigenvalue weighted by Crippen LogP contribution is 2.40. The lowest BCUT2D eigenvalue weighted by molar-refractivity contribution is -0.135. The van der Waals surface area contributed by atoms with Gasteiger partial charge in [-0.2, -0.15) is 0 Å². The van der Waals surface area contributed by atoms with Crippen LogP contribution in [0.15, 0.2) is 30.5 Å². The number of nitrogens with zero attached hydrogens (tertiary/aromatic N) is 1. The summed E-state index contributed by atoms with van der Waals surface area (Å²) in [4.78, 5) is 15.7. The molecule has 1 saturated heterocycles. The molecular formula is C25H35NO4. The number of Topliss-reactive ketones (excluding diaryl/α,β-unsaturated/α-hetero) is 1. The van der Waals surface area contributed by atoms with Gasteiger partial charge in [-0.25, -0.2) is 0 Å². The summed E-state index contributed by atoms with van der Waals surface area (Å²) in [6.45, 7) is 8.66. The van der Waals surface area contributed by atoms with Gasteiger partial charge in [0.2, 0.25) is 0 Å². The maximum atomic E-state index is 13.2. The van der Waals surface area contributed by atoms with Crippen molar-refractivity contribution >= 4 is 11.4 Å². The number of ether oxygens (including phenoxy) is 3. The first-order chi connectivity index (χ1) is 14.6. The lowest BCUT2D eigenvalue weighted by atomic mass is 9.73. The van der Waals surface area contributed by atoms with Crippen LogP contribution < -0.4 is 4.74 Å². The van der Waals surface area contributed by atoms with Crippen molar-refractivity contribution in [3.63, 3.8) is 0 Å². The Labute approximate surface area is 180 Å². The molecule has 2 fully saturated rings. The number of hydrogen-bond donors (Lipinski definition) is 0. The molecule has 0 N–H and O–H groups in total. The number of fused-ring (bicyclic) bond motifs is 1. The van der Waals surface area contributed by atoms with E-state index in [1.54, 1.807) is 13.4 Å². The highest BCUT2D eigenvalue weighted by Gasteiger charge is 2.45. The Balaban J connectivity index is 1.33. The zero-order valence-electron chi connectivity index (χ0n) is 18.5. The van der Waals surface area contributed by atoms with Crippen LogP contribution in [0.1, 0.15) is 45.1 Å². The Morgan fingerprint density at radius 1 is 1.07 bits per heavy atom. The maximum Gasteiger partial charge on any atom is 0.173 e. The molecule has 2 heterocycles. The minimum absolute atomic E-state index is 0.0782. The zero-order valence-corrected chi connectivity index (χ0v) is 18.5. The third kappa shape index (κ3) is 4.57. The average Bonchev–Trinajstić information content (AvgIpc) is 2.77. The molecule has 1 aliphatic carbocycles. The van der Waals surface area contributed by atoms with Crippen LogP contribution >= 0.6 is 0 Å². The summed E-state index contributed by atoms with van der Waals surface area (Å²) in [5, 5.41) is 0. The van der Waals surface area contributed by atoms with E-state index in [1.807, 2.05) is 24.3 Å². The molecule has 1 aromatic rings. The number of allylic oxidation sites excluding steroid dienone is 1. The topological polar surface area (TPSA) is 48.0 Å². The molecule has 0 amide bonds. The van der Waals surface area contributed by atoms with E-state index in [-0.39, 0.29) is 29.8 Å². The second-order valence-electron chi connectivity index (χ2n) is 9.20. The molecule has 0 bridgehead atoms. The number of likely N-dealkylation sites (tertiary alicyclic amines) is 1. The Bertz CT molecular complexity index is 751. The predicted octanol–water partition coefficient (Wildman–Crippen LogP) is 4.17. The largest absolute Gasteiger partial charge is 0.497 e. The van der Waals surface area contributed by atoms with Crippen LogP contribution in [0, 0.1) is 17.8 Å². The van der Waals surface area contributed by atoms with Gasteiger partial charge in [0.1, 0.15) is 11.9 Å². The lowest BCUT2D eigenvalue weighted by Gasteiger charge is -2.42. The van der Waals surface area contributed by atoms with Crippen LogP contribution in [0.25, 0.3) is 5.57 Å². The molecule has 4 atom stereocenters. The Hall–Kier alpha value is -1.85. The molecule has 164 valence electrons. The van der Waals surface area contributed by atoms with Gasteiger partial charge in [-0.1, -0.05) is 26.0 Å². The number of carbonyl (C=O) groups is 1. The molecule has 30 heavy (non-hydrogen) atoms. The van der Waals surface area contributed by atoms with Gasteiger partial charge in [-0.3, -0.25) is 4.79 Å². The molecule has 1 saturated carbocycles. The molecule has 4 rings (SSSR count). The maximum absolute atomic E-state index is 13.2. The van der Waals surface area contributed by atoms with Crippen LogP contribution in [0.4, 0.5) is 0 Å². The highest BCUT2D eigenvalue weighted by molar-refractivity contribution is 6.22. The van der Waals surface area contributed by atoms with Gasteiger partial charge in [0.15, 0.2) is 5.78 Å². The molecular weight excluding hydrogens is 378 g/mol. The third-order valence-electron chi connectivity index (χ3n) is 7.23. The van der Waals surface area contributed by atoms with E-state index in [4.69, 9.17) is 14.2 Å². The quantitative estimate of drug-likeness (QED) is 0.701. The van der Waals surface area contributed by atoms with Crippen molar-refractivity contribution in [2.75, 3.05) is 33.4 Å². The second kappa shape index (κ2) is 9.52. The number of benzene rings is 1. The van der Waals surface area contributed by atoms with Crippen molar-refractivity contribution in [2.24, 2.45) is 17.8 Å². The summed E-state index contributed by atoms with van der Waals surface area (Å²) in [5.41, 5.74) is 1.56. The van der Waals surface area contributed by atoms with E-state index in [2.05, 4.69) is 18.7 Å². The normalized spacial score (nSPS) is 30.4. The molecule has 5 heteroatoms. The number of hydrogen-bond acceptors (Lipinski definition) is 5. The van der Waals surface area contributed by atoms with Crippen LogP contribution in [0.2, 0.25) is 0 Å². The summed E-state index contributed by atoms with van der Waals surface area (Å²) < 4.78 is 17.6. The first-order valence-electron chi connectivity index (χ1n) is 11.4. The molecule has 3 aliphatic rings. The highest BCUT2D eigenvalue weighted by atomic mass is 16.5. The van der Waals surface area contributed by atoms with Crippen molar-refractivity contribution in [1.29, 1.82) is 0 Å². The smallest absolute Gasteiger partial charge is 0.173 e. The molecule has 5 nitrogen and oxygen atoms in total. The van der Waals surface area contributed by atoms with Crippen LogP contribution in [0.5, 0.6) is 5.75 Å². The van der Waals surface area contributed by atoms with E-state index in [0.29, 0.717) is 5.57 Å². The zero-order chi connectivity index (χ0) is 21.1. The van der Waals surface area contributed by atoms with Gasteiger partial charge in [-0.05, 0) is 62.4 Å². The third-order valence-corrected chi connectivity index (χ3v) is 7.23. The van der Waals surface area contributed by atoms with Crippen LogP contribution in [0.3, 0.4) is 0 Å². The summed E-state index contributed by atoms with van der Waals surface area (Å²) in [6.07, 6.45) is 6.08. The summed E-state index contributed by atoms with van der Waals surface area (Å²) in [7, 11) is 1.64. The second-order valence-corrected chi connectivity index (χ2v) is 9.20. The first kappa shape index (κ1) is 21.4. The number of ketones is 1. The monoisotopic (exact) mass is 413 g/mol. The van der Waals surface area contributed by atoms with Gasteiger partial charge in [0.05, 0.1) is 37.6 Å². The van der Waals surface area contributed by atoms with Gasteiger partial charge < -0.3 is 19.1 Å². The molecule has 0 radical (unpaired) electrons. The minimum Gasteiger partial charge on any atom is -0.497 e. The van der Waals surface area contributed by atoms with E-state index >= 15 is 0 Å². The van der Waals surface area contributed by atoms with Gasteiger partial charge in [0.25, 0.3) is 0 Å². The fourth-order valence-electron chi connectivity index (χ4n) is 5.09. The van der Waals surface area contributed by atoms with Crippen molar-refractivity contribution < 1.29 is 19.0 Å². The fourth-order valence-corrected chi connectivity index (χ4v) is 5.09. The SMILES string of the molecule is COc1ccc(C2=COC3C(CCC(OCCN4CCC(C)CC4)C3C)C2=O)cc1. The first-order valence-corrected chi connectivity index (χ1v) is 11.4. The van der Waals surface area contributed by atoms with Crippen LogP contribution in [-0.4, -0.2) is 56.2 Å². The lowest BCUT2D eigenvalue weighted by Crippen LogP contribution is -2.48. The number of piperidine rings is 1. The molecule has 1 aromatic carbocycles. The Morgan fingerprint density at radius 2 is 1.80 bits per heavy atom. The predicted molar refractivity (Wildman–Crippen MR) is 117 cm³/mol. The van der Waals surface area contributed by atoms with E-state index < -0.39 is 0 Å². The summed E-state index contributed by atoms with van der Waals surface area (Å²) in [5.74, 6) is 1.97. The summed E-state index contributed by atoms with van der Waals surface area (Å²) >= 11 is 0. The van der Waals surface area contributed by atoms with Crippen molar-refractivity contribution in [3.05, 3.63) is 36.1 Å². The minimum atomic E-state index is -0.0888. The summed E-state index contributed by atoms with van der Waals surface area (Å²) in [6, 6.07) is 7.61. The van der Waals surface area contributed by atoms with Gasteiger partial charge in [-0.15, -0.1) is 0 Å². The number of carbonyl (C=O) groups excluding carboxylic acids is 1. The van der Waals surface area contributed by atoms with Crippen molar-refractivity contribution in [2.45, 2.75) is 51.7 Å². The van der Waals surface area contributed by atoms with E-state index in [9.17, 15) is 4.79 Å². The van der Waals surface area contributed by atoms with E-state index in [0.717, 1.165) is 43.2 Å². The Morgan fingerprint density at radius 3 is 2.50 bits per heavy atom. The van der Waals surface area contributed by atoms with Gasteiger partial charge >= 0.3 is 0 Å². The van der Waals surface area contributed by atoms with Crippen molar-refractivity contribution in [1.82, 2.24) is 4.90 Å². The Kier molecular flexibility index (Phi) is 6.79. The molecule has 0 aromatic heterocycles. The van der Waals surface area contributed by atoms with Gasteiger partial charge in [0, 0.05) is 12.5 Å².